The number of hydrogen-bond acceptors (Lipinski definition) is 3. The lowest BCUT2D eigenvalue weighted by molar-refractivity contribution is 0.269. The van der Waals surface area contributed by atoms with Crippen LogP contribution in [0.2, 0.25) is 0 Å². The molecule has 0 spiro atoms. The SMILES string of the molecule is Cc1ccccc1C1CC(NC(C)c2c(C)noc2C)C1. The van der Waals surface area contributed by atoms with Crippen molar-refractivity contribution in [2.45, 2.75) is 58.5 Å². The Hall–Kier alpha value is -1.61. The van der Waals surface area contributed by atoms with Crippen LogP contribution in [0.25, 0.3) is 0 Å². The number of aryl methyl sites for hydroxylation is 3. The molecule has 1 aliphatic rings. The van der Waals surface area contributed by atoms with Gasteiger partial charge in [-0.05, 0) is 57.6 Å². The van der Waals surface area contributed by atoms with Gasteiger partial charge in [0.2, 0.25) is 0 Å². The molecule has 1 heterocycles. The highest BCUT2D eigenvalue weighted by molar-refractivity contribution is 5.31. The molecule has 0 bridgehead atoms. The van der Waals surface area contributed by atoms with Crippen molar-refractivity contribution < 1.29 is 4.52 Å². The molecular formula is C18H24N2O. The van der Waals surface area contributed by atoms with Crippen molar-refractivity contribution in [3.8, 4) is 0 Å². The largest absolute Gasteiger partial charge is 0.361 e. The Bertz CT molecular complexity index is 606. The molecule has 1 fully saturated rings. The quantitative estimate of drug-likeness (QED) is 0.914. The number of hydrogen-bond donors (Lipinski definition) is 1. The summed E-state index contributed by atoms with van der Waals surface area (Å²) in [5.41, 5.74) is 5.15. The van der Waals surface area contributed by atoms with E-state index in [0.717, 1.165) is 11.5 Å². The van der Waals surface area contributed by atoms with Gasteiger partial charge in [0.25, 0.3) is 0 Å². The van der Waals surface area contributed by atoms with Crippen LogP contribution in [0.3, 0.4) is 0 Å². The summed E-state index contributed by atoms with van der Waals surface area (Å²) in [6.07, 6.45) is 2.44. The van der Waals surface area contributed by atoms with E-state index in [0.29, 0.717) is 18.0 Å². The normalized spacial score (nSPS) is 22.9. The fourth-order valence-electron chi connectivity index (χ4n) is 3.60. The molecule has 2 aromatic rings. The van der Waals surface area contributed by atoms with Crippen molar-refractivity contribution >= 4 is 0 Å². The first-order chi connectivity index (χ1) is 10.1. The minimum absolute atomic E-state index is 0.305. The van der Waals surface area contributed by atoms with E-state index < -0.39 is 0 Å². The first kappa shape index (κ1) is 14.3. The number of nitrogens with one attached hydrogen (secondary N) is 1. The maximum absolute atomic E-state index is 5.27. The number of nitrogens with zero attached hydrogens (tertiary/aromatic N) is 1. The average Bonchev–Trinajstić information content (AvgIpc) is 2.74. The topological polar surface area (TPSA) is 38.1 Å². The Morgan fingerprint density at radius 3 is 2.52 bits per heavy atom. The van der Waals surface area contributed by atoms with Crippen LogP contribution in [0.5, 0.6) is 0 Å². The minimum Gasteiger partial charge on any atom is -0.361 e. The van der Waals surface area contributed by atoms with E-state index >= 15 is 0 Å². The van der Waals surface area contributed by atoms with Crippen LogP contribution >= 0.6 is 0 Å². The fourth-order valence-corrected chi connectivity index (χ4v) is 3.60. The number of aromatic nitrogens is 1. The second kappa shape index (κ2) is 5.64. The molecule has 112 valence electrons. The summed E-state index contributed by atoms with van der Waals surface area (Å²) in [4.78, 5) is 0. The lowest BCUT2D eigenvalue weighted by Gasteiger charge is -2.38. The van der Waals surface area contributed by atoms with Gasteiger partial charge >= 0.3 is 0 Å². The third kappa shape index (κ3) is 2.75. The first-order valence-electron chi connectivity index (χ1n) is 7.80. The lowest BCUT2D eigenvalue weighted by Crippen LogP contribution is -2.41. The summed E-state index contributed by atoms with van der Waals surface area (Å²) < 4.78 is 5.27. The average molecular weight is 284 g/mol. The molecule has 1 atom stereocenters. The summed E-state index contributed by atoms with van der Waals surface area (Å²) in [6.45, 7) is 8.42. The molecule has 1 aromatic heterocycles. The van der Waals surface area contributed by atoms with Crippen molar-refractivity contribution in [3.05, 3.63) is 52.4 Å². The minimum atomic E-state index is 0.305. The van der Waals surface area contributed by atoms with Gasteiger partial charge in [0.15, 0.2) is 0 Å². The van der Waals surface area contributed by atoms with Gasteiger partial charge in [-0.1, -0.05) is 29.4 Å². The molecule has 21 heavy (non-hydrogen) atoms. The van der Waals surface area contributed by atoms with Gasteiger partial charge in [-0.3, -0.25) is 0 Å². The molecule has 1 aliphatic carbocycles. The van der Waals surface area contributed by atoms with Crippen molar-refractivity contribution in [2.75, 3.05) is 0 Å². The van der Waals surface area contributed by atoms with Crippen molar-refractivity contribution in [1.29, 1.82) is 0 Å². The van der Waals surface area contributed by atoms with E-state index in [4.69, 9.17) is 4.52 Å². The second-order valence-corrected chi connectivity index (χ2v) is 6.35. The van der Waals surface area contributed by atoms with Gasteiger partial charge in [0, 0.05) is 17.6 Å². The van der Waals surface area contributed by atoms with Crippen LogP contribution in [0.15, 0.2) is 28.8 Å². The Morgan fingerprint density at radius 2 is 1.90 bits per heavy atom. The zero-order valence-corrected chi connectivity index (χ0v) is 13.3. The van der Waals surface area contributed by atoms with Crippen LogP contribution in [-0.2, 0) is 0 Å². The van der Waals surface area contributed by atoms with Gasteiger partial charge in [-0.15, -0.1) is 0 Å². The summed E-state index contributed by atoms with van der Waals surface area (Å²) in [5.74, 6) is 1.64. The highest BCUT2D eigenvalue weighted by Gasteiger charge is 2.32. The Morgan fingerprint density at radius 1 is 1.19 bits per heavy atom. The molecular weight excluding hydrogens is 260 g/mol. The van der Waals surface area contributed by atoms with Gasteiger partial charge < -0.3 is 9.84 Å². The molecule has 0 saturated heterocycles. The molecule has 3 nitrogen and oxygen atoms in total. The van der Waals surface area contributed by atoms with Crippen LogP contribution in [-0.4, -0.2) is 11.2 Å². The molecule has 1 saturated carbocycles. The van der Waals surface area contributed by atoms with E-state index in [1.165, 1.54) is 29.5 Å². The zero-order chi connectivity index (χ0) is 15.0. The highest BCUT2D eigenvalue weighted by Crippen LogP contribution is 2.39. The predicted octanol–water partition coefficient (Wildman–Crippen LogP) is 4.20. The summed E-state index contributed by atoms with van der Waals surface area (Å²) in [5, 5.41) is 7.77. The Kier molecular flexibility index (Phi) is 3.85. The molecule has 3 rings (SSSR count). The van der Waals surface area contributed by atoms with Crippen LogP contribution in [0.4, 0.5) is 0 Å². The van der Waals surface area contributed by atoms with Crippen molar-refractivity contribution in [3.63, 3.8) is 0 Å². The maximum Gasteiger partial charge on any atom is 0.138 e. The molecule has 0 radical (unpaired) electrons. The van der Waals surface area contributed by atoms with E-state index in [1.807, 2.05) is 13.8 Å². The van der Waals surface area contributed by atoms with Gasteiger partial charge in [0.05, 0.1) is 5.69 Å². The van der Waals surface area contributed by atoms with Crippen molar-refractivity contribution in [1.82, 2.24) is 10.5 Å². The zero-order valence-electron chi connectivity index (χ0n) is 13.3. The third-order valence-electron chi connectivity index (χ3n) is 4.77. The summed E-state index contributed by atoms with van der Waals surface area (Å²) in [6, 6.07) is 9.65. The van der Waals surface area contributed by atoms with E-state index in [-0.39, 0.29) is 0 Å². The molecule has 1 unspecified atom stereocenters. The molecule has 3 heteroatoms. The molecule has 0 amide bonds. The third-order valence-corrected chi connectivity index (χ3v) is 4.77. The smallest absolute Gasteiger partial charge is 0.138 e. The Balaban J connectivity index is 1.59. The van der Waals surface area contributed by atoms with Gasteiger partial charge in [-0.25, -0.2) is 0 Å². The van der Waals surface area contributed by atoms with Crippen LogP contribution in [0.1, 0.15) is 59.9 Å². The molecule has 1 N–H and O–H groups in total. The Labute approximate surface area is 126 Å². The fraction of sp³-hybridized carbons (Fsp3) is 0.500. The lowest BCUT2D eigenvalue weighted by atomic mass is 9.74. The standard InChI is InChI=1S/C18H24N2O/c1-11-7-5-6-8-17(11)15-9-16(10-15)19-12(2)18-13(3)20-21-14(18)4/h5-8,12,15-16,19H,9-10H2,1-4H3. The van der Waals surface area contributed by atoms with Crippen LogP contribution < -0.4 is 5.32 Å². The number of benzene rings is 1. The van der Waals surface area contributed by atoms with Crippen LogP contribution in [0, 0.1) is 20.8 Å². The van der Waals surface area contributed by atoms with Gasteiger partial charge in [0.1, 0.15) is 5.76 Å². The van der Waals surface area contributed by atoms with Crippen molar-refractivity contribution in [2.24, 2.45) is 0 Å². The second-order valence-electron chi connectivity index (χ2n) is 6.35. The van der Waals surface area contributed by atoms with E-state index in [2.05, 4.69) is 48.6 Å². The van der Waals surface area contributed by atoms with E-state index in [1.54, 1.807) is 0 Å². The highest BCUT2D eigenvalue weighted by atomic mass is 16.5. The molecule has 0 aliphatic heterocycles. The maximum atomic E-state index is 5.27. The number of rotatable bonds is 4. The predicted molar refractivity (Wildman–Crippen MR) is 84.5 cm³/mol. The monoisotopic (exact) mass is 284 g/mol. The summed E-state index contributed by atoms with van der Waals surface area (Å²) >= 11 is 0. The van der Waals surface area contributed by atoms with E-state index in [9.17, 15) is 0 Å². The molecule has 1 aromatic carbocycles. The summed E-state index contributed by atoms with van der Waals surface area (Å²) in [7, 11) is 0. The van der Waals surface area contributed by atoms with Gasteiger partial charge in [-0.2, -0.15) is 0 Å². The first-order valence-corrected chi connectivity index (χ1v) is 7.80.